The normalized spacial score (nSPS) is 16.5. The second kappa shape index (κ2) is 17.7. The Balaban J connectivity index is 3.94. The van der Waals surface area contributed by atoms with Gasteiger partial charge in [-0.3, -0.25) is 0 Å². The Kier molecular flexibility index (Phi) is 16.8. The molecule has 144 valence electrons. The van der Waals surface area contributed by atoms with Crippen LogP contribution < -0.4 is 0 Å². The fourth-order valence-corrected chi connectivity index (χ4v) is 2.33. The van der Waals surface area contributed by atoms with Gasteiger partial charge >= 0.3 is 0 Å². The Bertz CT molecular complexity index is 396. The summed E-state index contributed by atoms with van der Waals surface area (Å²) in [6, 6.07) is 0. The third-order valence-corrected chi connectivity index (χ3v) is 3.89. The summed E-state index contributed by atoms with van der Waals surface area (Å²) in [6.45, 7) is 6.97. The van der Waals surface area contributed by atoms with E-state index in [4.69, 9.17) is 4.74 Å². The molecule has 0 aliphatic rings. The summed E-state index contributed by atoms with van der Waals surface area (Å²) in [4.78, 5) is 0. The van der Waals surface area contributed by atoms with Crippen LogP contribution in [-0.4, -0.2) is 35.1 Å². The average Bonchev–Trinajstić information content (AvgIpc) is 2.61. The van der Waals surface area contributed by atoms with Crippen LogP contribution in [0.15, 0.2) is 48.6 Å². The van der Waals surface area contributed by atoms with Crippen LogP contribution in [0, 0.1) is 0 Å². The first kappa shape index (κ1) is 23.8. The molecule has 0 bridgehead atoms. The molecule has 3 heteroatoms. The Morgan fingerprint density at radius 3 is 2.16 bits per heavy atom. The average molecular weight is 351 g/mol. The summed E-state index contributed by atoms with van der Waals surface area (Å²) in [7, 11) is 0. The zero-order valence-corrected chi connectivity index (χ0v) is 16.3. The molecular formula is C22H38O3. The molecule has 0 spiro atoms. The van der Waals surface area contributed by atoms with E-state index >= 15 is 0 Å². The van der Waals surface area contributed by atoms with Crippen LogP contribution in [0.2, 0.25) is 0 Å². The van der Waals surface area contributed by atoms with E-state index < -0.39 is 6.10 Å². The van der Waals surface area contributed by atoms with E-state index in [0.717, 1.165) is 25.9 Å². The van der Waals surface area contributed by atoms with Crippen LogP contribution in [0.4, 0.5) is 0 Å². The van der Waals surface area contributed by atoms with Gasteiger partial charge in [-0.2, -0.15) is 0 Å². The zero-order chi connectivity index (χ0) is 18.8. The number of aliphatic hydroxyl groups is 2. The molecule has 0 heterocycles. The Hall–Kier alpha value is -1.16. The van der Waals surface area contributed by atoms with Crippen LogP contribution in [0.3, 0.4) is 0 Å². The standard InChI is InChI=1S/C22H38O3/c1-4-7-18-22(25-6-3)19-14-9-8-11-16-21(24)17-13-10-12-15-20(23)5-2/h8-13,15-16,20-24H,4-7,14,17-19H2,1-3H3/b9-8+,13-10-,15-12+,16-11+/t20-,21?,22?/m1/s1. The molecule has 25 heavy (non-hydrogen) atoms. The molecule has 2 N–H and O–H groups in total. The van der Waals surface area contributed by atoms with Crippen LogP contribution in [0.25, 0.3) is 0 Å². The van der Waals surface area contributed by atoms with Crippen molar-refractivity contribution in [3.05, 3.63) is 48.6 Å². The highest BCUT2D eigenvalue weighted by molar-refractivity contribution is 5.08. The lowest BCUT2D eigenvalue weighted by molar-refractivity contribution is 0.0499. The monoisotopic (exact) mass is 350 g/mol. The van der Waals surface area contributed by atoms with Crippen molar-refractivity contribution in [1.29, 1.82) is 0 Å². The van der Waals surface area contributed by atoms with Crippen molar-refractivity contribution in [2.24, 2.45) is 0 Å². The molecule has 0 aromatic carbocycles. The van der Waals surface area contributed by atoms with Gasteiger partial charge in [-0.25, -0.2) is 0 Å². The van der Waals surface area contributed by atoms with Gasteiger partial charge in [-0.1, -0.05) is 75.3 Å². The van der Waals surface area contributed by atoms with Gasteiger partial charge in [-0.05, 0) is 39.0 Å². The van der Waals surface area contributed by atoms with Gasteiger partial charge in [0.15, 0.2) is 0 Å². The number of hydrogen-bond acceptors (Lipinski definition) is 3. The number of unbranched alkanes of at least 4 members (excludes halogenated alkanes) is 1. The largest absolute Gasteiger partial charge is 0.389 e. The van der Waals surface area contributed by atoms with E-state index in [9.17, 15) is 10.2 Å². The van der Waals surface area contributed by atoms with Crippen LogP contribution >= 0.6 is 0 Å². The molecule has 0 rings (SSSR count). The second-order valence-corrected chi connectivity index (χ2v) is 6.20. The van der Waals surface area contributed by atoms with Gasteiger partial charge in [0.2, 0.25) is 0 Å². The summed E-state index contributed by atoms with van der Waals surface area (Å²) in [5.74, 6) is 0. The maximum absolute atomic E-state index is 9.85. The first-order chi connectivity index (χ1) is 12.1. The molecule has 3 nitrogen and oxygen atoms in total. The zero-order valence-electron chi connectivity index (χ0n) is 16.3. The Morgan fingerprint density at radius 1 is 0.840 bits per heavy atom. The first-order valence-corrected chi connectivity index (χ1v) is 9.78. The minimum absolute atomic E-state index is 0.369. The summed E-state index contributed by atoms with van der Waals surface area (Å²) in [6.07, 6.45) is 21.6. The Labute approximate surface area is 154 Å². The topological polar surface area (TPSA) is 49.7 Å². The summed E-state index contributed by atoms with van der Waals surface area (Å²) >= 11 is 0. The van der Waals surface area contributed by atoms with Crippen molar-refractivity contribution in [3.63, 3.8) is 0 Å². The molecule has 0 saturated heterocycles. The molecule has 0 fully saturated rings. The highest BCUT2D eigenvalue weighted by atomic mass is 16.5. The van der Waals surface area contributed by atoms with E-state index in [0.29, 0.717) is 18.9 Å². The van der Waals surface area contributed by atoms with Gasteiger partial charge in [0.1, 0.15) is 0 Å². The van der Waals surface area contributed by atoms with E-state index in [-0.39, 0.29) is 6.10 Å². The van der Waals surface area contributed by atoms with Crippen molar-refractivity contribution < 1.29 is 14.9 Å². The van der Waals surface area contributed by atoms with Crippen molar-refractivity contribution in [2.75, 3.05) is 6.61 Å². The summed E-state index contributed by atoms with van der Waals surface area (Å²) < 4.78 is 5.75. The predicted octanol–water partition coefficient (Wildman–Crippen LogP) is 5.11. The van der Waals surface area contributed by atoms with Crippen LogP contribution in [-0.2, 0) is 4.74 Å². The van der Waals surface area contributed by atoms with E-state index in [1.165, 1.54) is 12.8 Å². The van der Waals surface area contributed by atoms with Gasteiger partial charge in [-0.15, -0.1) is 0 Å². The summed E-state index contributed by atoms with van der Waals surface area (Å²) in [5.41, 5.74) is 0. The van der Waals surface area contributed by atoms with Crippen molar-refractivity contribution in [2.45, 2.75) is 84.0 Å². The van der Waals surface area contributed by atoms with E-state index in [2.05, 4.69) is 19.9 Å². The lowest BCUT2D eigenvalue weighted by Crippen LogP contribution is -2.12. The van der Waals surface area contributed by atoms with E-state index in [1.807, 2.05) is 37.3 Å². The van der Waals surface area contributed by atoms with Crippen molar-refractivity contribution >= 4 is 0 Å². The third-order valence-electron chi connectivity index (χ3n) is 3.89. The number of rotatable bonds is 15. The van der Waals surface area contributed by atoms with Gasteiger partial charge < -0.3 is 14.9 Å². The van der Waals surface area contributed by atoms with Gasteiger partial charge in [0.05, 0.1) is 18.3 Å². The lowest BCUT2D eigenvalue weighted by atomic mass is 10.1. The molecule has 0 amide bonds. The quantitative estimate of drug-likeness (QED) is 0.404. The molecule has 0 saturated carbocycles. The SMILES string of the molecule is CCCCC(CC/C=C/C=C/C(O)C/C=C\C=C\[C@H](O)CC)OCC. The number of hydrogen-bond donors (Lipinski definition) is 2. The van der Waals surface area contributed by atoms with Crippen LogP contribution in [0.5, 0.6) is 0 Å². The fraction of sp³-hybridized carbons (Fsp3) is 0.636. The molecule has 2 unspecified atom stereocenters. The minimum atomic E-state index is -0.480. The molecule has 0 aliphatic carbocycles. The second-order valence-electron chi connectivity index (χ2n) is 6.20. The highest BCUT2D eigenvalue weighted by Crippen LogP contribution is 2.11. The van der Waals surface area contributed by atoms with Gasteiger partial charge in [0, 0.05) is 6.61 Å². The predicted molar refractivity (Wildman–Crippen MR) is 108 cm³/mol. The molecule has 0 aliphatic heterocycles. The maximum Gasteiger partial charge on any atom is 0.0758 e. The molecule has 0 aromatic rings. The molecule has 0 aromatic heterocycles. The molecular weight excluding hydrogens is 312 g/mol. The fourth-order valence-electron chi connectivity index (χ4n) is 2.33. The number of allylic oxidation sites excluding steroid dienone is 5. The molecule has 0 radical (unpaired) electrons. The van der Waals surface area contributed by atoms with Crippen molar-refractivity contribution in [1.82, 2.24) is 0 Å². The third kappa shape index (κ3) is 16.1. The minimum Gasteiger partial charge on any atom is -0.389 e. The van der Waals surface area contributed by atoms with Crippen molar-refractivity contribution in [3.8, 4) is 0 Å². The Morgan fingerprint density at radius 2 is 1.52 bits per heavy atom. The maximum atomic E-state index is 9.85. The van der Waals surface area contributed by atoms with E-state index in [1.54, 1.807) is 12.2 Å². The highest BCUT2D eigenvalue weighted by Gasteiger charge is 2.05. The number of ether oxygens (including phenoxy) is 1. The molecule has 3 atom stereocenters. The lowest BCUT2D eigenvalue weighted by Gasteiger charge is -2.15. The number of aliphatic hydroxyl groups excluding tert-OH is 2. The van der Waals surface area contributed by atoms with Crippen LogP contribution in [0.1, 0.15) is 65.7 Å². The first-order valence-electron chi connectivity index (χ1n) is 9.78. The van der Waals surface area contributed by atoms with Gasteiger partial charge in [0.25, 0.3) is 0 Å². The smallest absolute Gasteiger partial charge is 0.0758 e. The summed E-state index contributed by atoms with van der Waals surface area (Å²) in [5, 5.41) is 19.2.